The fraction of sp³-hybridized carbons (Fsp3) is 0. The Labute approximate surface area is 71.0 Å². The number of thiophene rings is 1. The van der Waals surface area contributed by atoms with E-state index in [0.717, 1.165) is 8.66 Å². The van der Waals surface area contributed by atoms with Crippen molar-refractivity contribution in [3.8, 4) is 0 Å². The lowest BCUT2D eigenvalue weighted by Crippen LogP contribution is -2.06. The molecule has 0 aliphatic heterocycles. The minimum absolute atomic E-state index is 0.464. The van der Waals surface area contributed by atoms with Crippen molar-refractivity contribution in [2.45, 2.75) is 0 Å². The van der Waals surface area contributed by atoms with Gasteiger partial charge in [-0.3, -0.25) is 0 Å². The van der Waals surface area contributed by atoms with Crippen LogP contribution in [0.5, 0.6) is 0 Å². The third kappa shape index (κ3) is 1.74. The Morgan fingerprint density at radius 2 is 2.33 bits per heavy atom. The van der Waals surface area contributed by atoms with Crippen LogP contribution in [0.25, 0.3) is 0 Å². The summed E-state index contributed by atoms with van der Waals surface area (Å²) in [5.41, 5.74) is 5.35. The second-order valence-corrected chi connectivity index (χ2v) is 4.37. The Morgan fingerprint density at radius 3 is 2.56 bits per heavy atom. The predicted octanol–water partition coefficient (Wildman–Crippen LogP) is 2.14. The van der Waals surface area contributed by atoms with E-state index in [1.807, 2.05) is 12.1 Å². The summed E-state index contributed by atoms with van der Waals surface area (Å²) in [6.07, 6.45) is 0. The van der Waals surface area contributed by atoms with Gasteiger partial charge in [-0.2, -0.15) is 0 Å². The molecule has 1 nitrogen and oxygen atoms in total. The molecular formula is C5H4BrNS2. The van der Waals surface area contributed by atoms with E-state index >= 15 is 0 Å². The van der Waals surface area contributed by atoms with Gasteiger partial charge in [0.05, 0.1) is 8.66 Å². The highest BCUT2D eigenvalue weighted by Gasteiger charge is 1.97. The van der Waals surface area contributed by atoms with Crippen LogP contribution in [0.2, 0.25) is 0 Å². The molecule has 0 saturated carbocycles. The van der Waals surface area contributed by atoms with E-state index in [9.17, 15) is 0 Å². The lowest BCUT2D eigenvalue weighted by atomic mass is 10.5. The van der Waals surface area contributed by atoms with Crippen LogP contribution in [0.1, 0.15) is 4.88 Å². The quantitative estimate of drug-likeness (QED) is 0.736. The summed E-state index contributed by atoms with van der Waals surface area (Å²) in [6, 6.07) is 3.83. The van der Waals surface area contributed by atoms with Crippen LogP contribution in [0.4, 0.5) is 0 Å². The first kappa shape index (κ1) is 7.18. The van der Waals surface area contributed by atoms with Gasteiger partial charge in [0.15, 0.2) is 0 Å². The molecule has 0 aliphatic rings. The monoisotopic (exact) mass is 221 g/mol. The molecule has 4 heteroatoms. The van der Waals surface area contributed by atoms with Crippen LogP contribution in [-0.4, -0.2) is 4.99 Å². The van der Waals surface area contributed by atoms with Gasteiger partial charge in [-0.25, -0.2) is 0 Å². The van der Waals surface area contributed by atoms with Gasteiger partial charge in [-0.05, 0) is 28.1 Å². The van der Waals surface area contributed by atoms with Gasteiger partial charge in [0.25, 0.3) is 0 Å². The van der Waals surface area contributed by atoms with Gasteiger partial charge < -0.3 is 5.73 Å². The second kappa shape index (κ2) is 2.77. The Kier molecular flexibility index (Phi) is 2.21. The third-order valence-electron chi connectivity index (χ3n) is 0.816. The van der Waals surface area contributed by atoms with Gasteiger partial charge in [0.2, 0.25) is 0 Å². The molecule has 0 spiro atoms. The van der Waals surface area contributed by atoms with Gasteiger partial charge in [-0.15, -0.1) is 11.3 Å². The van der Waals surface area contributed by atoms with E-state index in [1.54, 1.807) is 11.3 Å². The van der Waals surface area contributed by atoms with E-state index < -0.39 is 0 Å². The predicted molar refractivity (Wildman–Crippen MR) is 47.9 cm³/mol. The van der Waals surface area contributed by atoms with Crippen LogP contribution < -0.4 is 5.73 Å². The minimum atomic E-state index is 0.464. The molecule has 0 fully saturated rings. The SMILES string of the molecule is NC(=S)c1ccc(Br)s1. The maximum Gasteiger partial charge on any atom is 0.114 e. The molecule has 48 valence electrons. The molecule has 0 saturated heterocycles. The van der Waals surface area contributed by atoms with Gasteiger partial charge >= 0.3 is 0 Å². The summed E-state index contributed by atoms with van der Waals surface area (Å²) < 4.78 is 1.06. The van der Waals surface area contributed by atoms with E-state index in [1.165, 1.54) is 0 Å². The number of hydrogen-bond donors (Lipinski definition) is 1. The maximum atomic E-state index is 5.35. The molecule has 1 heterocycles. The van der Waals surface area contributed by atoms with Crippen LogP contribution in [-0.2, 0) is 0 Å². The molecule has 1 aromatic heterocycles. The van der Waals surface area contributed by atoms with Crippen molar-refractivity contribution < 1.29 is 0 Å². The van der Waals surface area contributed by atoms with Crippen LogP contribution in [0, 0.1) is 0 Å². The standard InChI is InChI=1S/C5H4BrNS2/c6-4-2-1-3(9-4)5(7)8/h1-2H,(H2,7,8). The average molecular weight is 222 g/mol. The summed E-state index contributed by atoms with van der Waals surface area (Å²) in [5.74, 6) is 0. The summed E-state index contributed by atoms with van der Waals surface area (Å²) in [6.45, 7) is 0. The summed E-state index contributed by atoms with van der Waals surface area (Å²) in [5, 5.41) is 0. The van der Waals surface area contributed by atoms with Gasteiger partial charge in [0.1, 0.15) is 4.99 Å². The Hall–Kier alpha value is 0.0700. The van der Waals surface area contributed by atoms with Crippen molar-refractivity contribution >= 4 is 44.5 Å². The molecule has 0 amide bonds. The molecular weight excluding hydrogens is 218 g/mol. The van der Waals surface area contributed by atoms with Crippen molar-refractivity contribution in [1.82, 2.24) is 0 Å². The molecule has 0 bridgehead atoms. The average Bonchev–Trinajstić information content (AvgIpc) is 2.14. The van der Waals surface area contributed by atoms with Crippen LogP contribution in [0.15, 0.2) is 15.9 Å². The lowest BCUT2D eigenvalue weighted by Gasteiger charge is -1.85. The van der Waals surface area contributed by atoms with Crippen molar-refractivity contribution in [3.63, 3.8) is 0 Å². The fourth-order valence-corrected chi connectivity index (χ4v) is 1.88. The highest BCUT2D eigenvalue weighted by molar-refractivity contribution is 9.11. The Balaban J connectivity index is 2.98. The second-order valence-electron chi connectivity index (χ2n) is 1.47. The molecule has 0 aliphatic carbocycles. The summed E-state index contributed by atoms with van der Waals surface area (Å²) in [4.78, 5) is 1.42. The molecule has 0 atom stereocenters. The van der Waals surface area contributed by atoms with Crippen LogP contribution >= 0.6 is 39.5 Å². The van der Waals surface area contributed by atoms with Crippen LogP contribution in [0.3, 0.4) is 0 Å². The summed E-state index contributed by atoms with van der Waals surface area (Å²) in [7, 11) is 0. The first-order valence-electron chi connectivity index (χ1n) is 2.25. The third-order valence-corrected chi connectivity index (χ3v) is 2.82. The highest BCUT2D eigenvalue weighted by Crippen LogP contribution is 2.21. The first-order chi connectivity index (χ1) is 4.20. The van der Waals surface area contributed by atoms with Gasteiger partial charge in [-0.1, -0.05) is 12.2 Å². The zero-order valence-electron chi connectivity index (χ0n) is 4.43. The van der Waals surface area contributed by atoms with E-state index in [2.05, 4.69) is 15.9 Å². The zero-order valence-corrected chi connectivity index (χ0v) is 7.65. The van der Waals surface area contributed by atoms with E-state index in [0.29, 0.717) is 4.99 Å². The smallest absolute Gasteiger partial charge is 0.114 e. The largest absolute Gasteiger partial charge is 0.389 e. The normalized spacial score (nSPS) is 9.44. The lowest BCUT2D eigenvalue weighted by molar-refractivity contribution is 1.78. The molecule has 0 unspecified atom stereocenters. The fourth-order valence-electron chi connectivity index (χ4n) is 0.447. The van der Waals surface area contributed by atoms with Crippen molar-refractivity contribution in [2.24, 2.45) is 5.73 Å². The first-order valence-corrected chi connectivity index (χ1v) is 4.27. The zero-order chi connectivity index (χ0) is 6.85. The topological polar surface area (TPSA) is 26.0 Å². The van der Waals surface area contributed by atoms with Crippen molar-refractivity contribution in [2.75, 3.05) is 0 Å². The molecule has 0 aromatic carbocycles. The Bertz CT molecular complexity index is 231. The number of thiocarbonyl (C=S) groups is 1. The number of rotatable bonds is 1. The minimum Gasteiger partial charge on any atom is -0.389 e. The molecule has 0 radical (unpaired) electrons. The molecule has 1 rings (SSSR count). The summed E-state index contributed by atoms with van der Waals surface area (Å²) >= 11 is 9.59. The molecule has 1 aromatic rings. The maximum absolute atomic E-state index is 5.35. The number of halogens is 1. The van der Waals surface area contributed by atoms with E-state index in [-0.39, 0.29) is 0 Å². The van der Waals surface area contributed by atoms with Crippen molar-refractivity contribution in [3.05, 3.63) is 20.8 Å². The number of nitrogens with two attached hydrogens (primary N) is 1. The Morgan fingerprint density at radius 1 is 1.67 bits per heavy atom. The highest BCUT2D eigenvalue weighted by atomic mass is 79.9. The van der Waals surface area contributed by atoms with Crippen molar-refractivity contribution in [1.29, 1.82) is 0 Å². The van der Waals surface area contributed by atoms with Gasteiger partial charge in [0, 0.05) is 0 Å². The van der Waals surface area contributed by atoms with E-state index in [4.69, 9.17) is 18.0 Å². The molecule has 2 N–H and O–H groups in total. The molecule has 9 heavy (non-hydrogen) atoms. The number of hydrogen-bond acceptors (Lipinski definition) is 2.